The van der Waals surface area contributed by atoms with Crippen LogP contribution >= 0.6 is 22.9 Å². The van der Waals surface area contributed by atoms with Crippen LogP contribution in [0, 0.1) is 0 Å². The lowest BCUT2D eigenvalue weighted by molar-refractivity contribution is 0.375. The van der Waals surface area contributed by atoms with Gasteiger partial charge in [-0.15, -0.1) is 11.3 Å². The van der Waals surface area contributed by atoms with Crippen molar-refractivity contribution in [2.45, 2.75) is 26.4 Å². The third-order valence-corrected chi connectivity index (χ3v) is 4.92. The lowest BCUT2D eigenvalue weighted by atomic mass is 10.2. The van der Waals surface area contributed by atoms with Crippen LogP contribution in [0.15, 0.2) is 40.0 Å². The quantitative estimate of drug-likeness (QED) is 0.496. The van der Waals surface area contributed by atoms with Crippen molar-refractivity contribution in [2.24, 2.45) is 4.99 Å². The summed E-state index contributed by atoms with van der Waals surface area (Å²) in [5.41, 5.74) is 0.811. The SMILES string of the molecule is CCc1cnc(CNC(=NC)NCc2nc(-c3cccc(Cl)c3)no2)s1. The minimum Gasteiger partial charge on any atom is -0.350 e. The van der Waals surface area contributed by atoms with E-state index in [0.29, 0.717) is 35.8 Å². The van der Waals surface area contributed by atoms with Crippen LogP contribution < -0.4 is 10.6 Å². The van der Waals surface area contributed by atoms with E-state index < -0.39 is 0 Å². The van der Waals surface area contributed by atoms with Gasteiger partial charge in [-0.1, -0.05) is 35.8 Å². The van der Waals surface area contributed by atoms with Crippen LogP contribution in [-0.4, -0.2) is 28.1 Å². The molecule has 2 heterocycles. The monoisotopic (exact) mass is 390 g/mol. The molecule has 136 valence electrons. The van der Waals surface area contributed by atoms with Crippen molar-refractivity contribution in [1.82, 2.24) is 25.8 Å². The second kappa shape index (κ2) is 8.77. The summed E-state index contributed by atoms with van der Waals surface area (Å²) in [6, 6.07) is 7.32. The van der Waals surface area contributed by atoms with Crippen molar-refractivity contribution < 1.29 is 4.52 Å². The zero-order valence-corrected chi connectivity index (χ0v) is 16.1. The Bertz CT molecular complexity index is 891. The summed E-state index contributed by atoms with van der Waals surface area (Å²) < 4.78 is 5.27. The van der Waals surface area contributed by atoms with Gasteiger partial charge in [-0.25, -0.2) is 4.98 Å². The Morgan fingerprint density at radius 3 is 2.88 bits per heavy atom. The Labute approximate surface area is 160 Å². The van der Waals surface area contributed by atoms with Gasteiger partial charge in [0.25, 0.3) is 0 Å². The second-order valence-electron chi connectivity index (χ2n) is 5.38. The molecule has 2 N–H and O–H groups in total. The van der Waals surface area contributed by atoms with Crippen molar-refractivity contribution >= 4 is 28.9 Å². The van der Waals surface area contributed by atoms with E-state index in [1.165, 1.54) is 4.88 Å². The smallest absolute Gasteiger partial charge is 0.246 e. The van der Waals surface area contributed by atoms with Gasteiger partial charge >= 0.3 is 0 Å². The Morgan fingerprint density at radius 1 is 1.31 bits per heavy atom. The molecule has 2 aromatic heterocycles. The normalized spacial score (nSPS) is 11.6. The number of hydrogen-bond donors (Lipinski definition) is 2. The van der Waals surface area contributed by atoms with Gasteiger partial charge in [0.05, 0.1) is 13.1 Å². The van der Waals surface area contributed by atoms with Gasteiger partial charge in [0.1, 0.15) is 5.01 Å². The molecule has 0 saturated carbocycles. The molecule has 3 aromatic rings. The van der Waals surface area contributed by atoms with Crippen molar-refractivity contribution in [3.8, 4) is 11.4 Å². The van der Waals surface area contributed by atoms with Crippen LogP contribution in [0.1, 0.15) is 22.7 Å². The number of aromatic nitrogens is 3. The van der Waals surface area contributed by atoms with E-state index in [9.17, 15) is 0 Å². The number of hydrogen-bond acceptors (Lipinski definition) is 6. The summed E-state index contributed by atoms with van der Waals surface area (Å²) in [5.74, 6) is 1.60. The first kappa shape index (κ1) is 18.3. The first-order valence-electron chi connectivity index (χ1n) is 8.14. The van der Waals surface area contributed by atoms with Crippen molar-refractivity contribution in [2.75, 3.05) is 7.05 Å². The standard InChI is InChI=1S/C17H19ClN6OS/c1-3-13-8-20-15(26-13)10-22-17(19-2)21-9-14-23-16(24-25-14)11-5-4-6-12(18)7-11/h4-8H,3,9-10H2,1-2H3,(H2,19,21,22). The van der Waals surface area contributed by atoms with Gasteiger partial charge in [-0.05, 0) is 18.6 Å². The maximum Gasteiger partial charge on any atom is 0.246 e. The van der Waals surface area contributed by atoms with Crippen molar-refractivity contribution in [3.63, 3.8) is 0 Å². The molecule has 0 aliphatic heterocycles. The molecule has 3 rings (SSSR count). The molecule has 0 unspecified atom stereocenters. The highest BCUT2D eigenvalue weighted by molar-refractivity contribution is 7.11. The summed E-state index contributed by atoms with van der Waals surface area (Å²) in [6.45, 7) is 3.10. The van der Waals surface area contributed by atoms with Gasteiger partial charge in [0.2, 0.25) is 11.7 Å². The molecule has 26 heavy (non-hydrogen) atoms. The maximum atomic E-state index is 5.99. The fraction of sp³-hybridized carbons (Fsp3) is 0.294. The fourth-order valence-electron chi connectivity index (χ4n) is 2.20. The highest BCUT2D eigenvalue weighted by Crippen LogP contribution is 2.19. The number of guanidine groups is 1. The van der Waals surface area contributed by atoms with Crippen LogP contribution in [0.25, 0.3) is 11.4 Å². The molecule has 9 heteroatoms. The summed E-state index contributed by atoms with van der Waals surface area (Å²) in [5, 5.41) is 12.0. The number of aliphatic imine (C=N–C) groups is 1. The number of aryl methyl sites for hydroxylation is 1. The molecular weight excluding hydrogens is 372 g/mol. The lowest BCUT2D eigenvalue weighted by Crippen LogP contribution is -2.36. The molecule has 0 bridgehead atoms. The van der Waals surface area contributed by atoms with Gasteiger partial charge in [0.15, 0.2) is 5.96 Å². The van der Waals surface area contributed by atoms with Gasteiger partial charge < -0.3 is 15.2 Å². The maximum absolute atomic E-state index is 5.99. The molecule has 0 amide bonds. The van der Waals surface area contributed by atoms with E-state index in [0.717, 1.165) is 17.0 Å². The summed E-state index contributed by atoms with van der Waals surface area (Å²) in [4.78, 5) is 14.2. The fourth-order valence-corrected chi connectivity index (χ4v) is 3.20. The predicted octanol–water partition coefficient (Wildman–Crippen LogP) is 3.27. The third kappa shape index (κ3) is 4.80. The molecular formula is C17H19ClN6OS. The van der Waals surface area contributed by atoms with Crippen LogP contribution in [0.4, 0.5) is 0 Å². The van der Waals surface area contributed by atoms with E-state index in [1.807, 2.05) is 18.3 Å². The number of halogens is 1. The molecule has 0 saturated heterocycles. The molecule has 0 aliphatic carbocycles. The Balaban J connectivity index is 1.54. The third-order valence-electron chi connectivity index (χ3n) is 3.54. The molecule has 0 aliphatic rings. The Kier molecular flexibility index (Phi) is 6.19. The zero-order valence-electron chi connectivity index (χ0n) is 14.5. The predicted molar refractivity (Wildman–Crippen MR) is 103 cm³/mol. The summed E-state index contributed by atoms with van der Waals surface area (Å²) in [7, 11) is 1.71. The molecule has 0 atom stereocenters. The first-order chi connectivity index (χ1) is 12.7. The molecule has 1 aromatic carbocycles. The molecule has 0 spiro atoms. The van der Waals surface area contributed by atoms with E-state index >= 15 is 0 Å². The van der Waals surface area contributed by atoms with Crippen LogP contribution in [0.5, 0.6) is 0 Å². The summed E-state index contributed by atoms with van der Waals surface area (Å²) in [6.07, 6.45) is 2.91. The minimum atomic E-state index is 0.366. The zero-order chi connectivity index (χ0) is 18.4. The Morgan fingerprint density at radius 2 is 2.15 bits per heavy atom. The van der Waals surface area contributed by atoms with Crippen molar-refractivity contribution in [3.05, 3.63) is 51.3 Å². The van der Waals surface area contributed by atoms with E-state index in [1.54, 1.807) is 30.5 Å². The molecule has 0 radical (unpaired) electrons. The largest absolute Gasteiger partial charge is 0.350 e. The van der Waals surface area contributed by atoms with Gasteiger partial charge in [0, 0.05) is 28.7 Å². The summed E-state index contributed by atoms with van der Waals surface area (Å²) >= 11 is 7.69. The van der Waals surface area contributed by atoms with Gasteiger partial charge in [-0.2, -0.15) is 4.98 Å². The van der Waals surface area contributed by atoms with Crippen molar-refractivity contribution in [1.29, 1.82) is 0 Å². The second-order valence-corrected chi connectivity index (χ2v) is 7.01. The number of thiazole rings is 1. The topological polar surface area (TPSA) is 88.2 Å². The first-order valence-corrected chi connectivity index (χ1v) is 9.34. The average molecular weight is 391 g/mol. The molecule has 7 nitrogen and oxygen atoms in total. The number of rotatable bonds is 6. The van der Waals surface area contributed by atoms with E-state index in [4.69, 9.17) is 16.1 Å². The van der Waals surface area contributed by atoms with E-state index in [-0.39, 0.29) is 0 Å². The minimum absolute atomic E-state index is 0.366. The Hall–Kier alpha value is -2.45. The van der Waals surface area contributed by atoms with Gasteiger partial charge in [-0.3, -0.25) is 4.99 Å². The number of nitrogens with one attached hydrogen (secondary N) is 2. The van der Waals surface area contributed by atoms with E-state index in [2.05, 4.69) is 37.7 Å². The van der Waals surface area contributed by atoms with Crippen LogP contribution in [0.2, 0.25) is 5.02 Å². The van der Waals surface area contributed by atoms with Crippen LogP contribution in [-0.2, 0) is 19.5 Å². The highest BCUT2D eigenvalue weighted by Gasteiger charge is 2.10. The van der Waals surface area contributed by atoms with Crippen LogP contribution in [0.3, 0.4) is 0 Å². The average Bonchev–Trinajstić information content (AvgIpc) is 3.31. The number of benzene rings is 1. The number of nitrogens with zero attached hydrogens (tertiary/aromatic N) is 4. The molecule has 0 fully saturated rings. The lowest BCUT2D eigenvalue weighted by Gasteiger charge is -2.08. The highest BCUT2D eigenvalue weighted by atomic mass is 35.5.